The molecule has 1 atom stereocenters. The Morgan fingerprint density at radius 3 is 2.07 bits per heavy atom. The van der Waals surface area contributed by atoms with Gasteiger partial charge in [-0.2, -0.15) is 5.26 Å². The van der Waals surface area contributed by atoms with Crippen molar-refractivity contribution in [2.45, 2.75) is 115 Å². The molecule has 0 N–H and O–H groups in total. The number of carbonyl (C=O) groups is 1. The first-order chi connectivity index (χ1) is 14.0. The number of ether oxygens (including phenoxy) is 1. The lowest BCUT2D eigenvalue weighted by Crippen LogP contribution is -2.21. The van der Waals surface area contributed by atoms with Crippen LogP contribution < -0.4 is 0 Å². The van der Waals surface area contributed by atoms with E-state index in [1.165, 1.54) is 76.0 Å². The van der Waals surface area contributed by atoms with Gasteiger partial charge in [0.1, 0.15) is 8.28 Å². The van der Waals surface area contributed by atoms with Gasteiger partial charge >= 0.3 is 5.97 Å². The van der Waals surface area contributed by atoms with Gasteiger partial charge in [0.25, 0.3) is 0 Å². The predicted molar refractivity (Wildman–Crippen MR) is 134 cm³/mol. The fraction of sp³-hybridized carbons (Fsp3) is 0.870. The van der Waals surface area contributed by atoms with Gasteiger partial charge in [-0.05, 0) is 31.9 Å². The zero-order valence-corrected chi connectivity index (χ0v) is 21.3. The molecule has 0 spiro atoms. The number of thiocarbonyl (C=S) groups is 1. The largest absolute Gasteiger partial charge is 0.466 e. The Labute approximate surface area is 193 Å². The third-order valence-electron chi connectivity index (χ3n) is 4.83. The van der Waals surface area contributed by atoms with E-state index in [0.29, 0.717) is 13.0 Å². The van der Waals surface area contributed by atoms with Crippen molar-refractivity contribution in [2.75, 3.05) is 12.4 Å². The Bertz CT molecular complexity index is 479. The molecule has 6 heteroatoms. The number of nitrogens with zero attached hydrogens (tertiary/aromatic N) is 1. The average Bonchev–Trinajstić information content (AvgIpc) is 2.70. The summed E-state index contributed by atoms with van der Waals surface area (Å²) in [7, 11) is 0. The number of thioether (sulfide) groups is 2. The number of hydrogen-bond acceptors (Lipinski definition) is 6. The normalized spacial score (nSPS) is 12.9. The Hall–Kier alpha value is -0.250. The lowest BCUT2D eigenvalue weighted by molar-refractivity contribution is -0.143. The number of hydrogen-bond donors (Lipinski definition) is 0. The highest BCUT2D eigenvalue weighted by Crippen LogP contribution is 2.35. The van der Waals surface area contributed by atoms with Crippen molar-refractivity contribution >= 4 is 45.2 Å². The maximum absolute atomic E-state index is 11.8. The van der Waals surface area contributed by atoms with Crippen LogP contribution in [0.1, 0.15) is 111 Å². The minimum absolute atomic E-state index is 0.218. The van der Waals surface area contributed by atoms with Crippen LogP contribution in [0.4, 0.5) is 0 Å². The molecule has 168 valence electrons. The van der Waals surface area contributed by atoms with Gasteiger partial charge in [-0.3, -0.25) is 4.79 Å². The smallest absolute Gasteiger partial charge is 0.305 e. The van der Waals surface area contributed by atoms with Crippen LogP contribution in [0.3, 0.4) is 0 Å². The zero-order valence-electron chi connectivity index (χ0n) is 18.8. The Balaban J connectivity index is 3.79. The van der Waals surface area contributed by atoms with Crippen molar-refractivity contribution in [3.05, 3.63) is 0 Å². The molecule has 0 amide bonds. The van der Waals surface area contributed by atoms with E-state index in [1.54, 1.807) is 11.8 Å². The molecule has 0 aliphatic carbocycles. The van der Waals surface area contributed by atoms with Gasteiger partial charge < -0.3 is 4.74 Å². The first kappa shape index (κ1) is 28.8. The second kappa shape index (κ2) is 19.7. The highest BCUT2D eigenvalue weighted by Gasteiger charge is 2.28. The Morgan fingerprint density at radius 2 is 1.52 bits per heavy atom. The van der Waals surface area contributed by atoms with E-state index in [2.05, 4.69) is 19.9 Å². The fourth-order valence-electron chi connectivity index (χ4n) is 2.83. The van der Waals surface area contributed by atoms with Gasteiger partial charge in [-0.25, -0.2) is 0 Å². The van der Waals surface area contributed by atoms with E-state index in [0.717, 1.165) is 22.1 Å². The summed E-state index contributed by atoms with van der Waals surface area (Å²) >= 11 is 8.56. The summed E-state index contributed by atoms with van der Waals surface area (Å²) in [6.07, 6.45) is 15.9. The maximum Gasteiger partial charge on any atom is 0.305 e. The van der Waals surface area contributed by atoms with Crippen LogP contribution in [0, 0.1) is 11.3 Å². The molecule has 1 unspecified atom stereocenters. The van der Waals surface area contributed by atoms with Crippen LogP contribution in [0.2, 0.25) is 0 Å². The minimum atomic E-state index is -0.661. The molecule has 0 fully saturated rings. The summed E-state index contributed by atoms with van der Waals surface area (Å²) in [6.45, 7) is 6.66. The molecule has 0 aromatic rings. The van der Waals surface area contributed by atoms with Crippen LogP contribution in [0.15, 0.2) is 0 Å². The van der Waals surface area contributed by atoms with Crippen LogP contribution in [-0.4, -0.2) is 26.6 Å². The van der Waals surface area contributed by atoms with Crippen LogP contribution >= 0.6 is 35.7 Å². The summed E-state index contributed by atoms with van der Waals surface area (Å²) in [6, 6.07) is 2.33. The Kier molecular flexibility index (Phi) is 19.5. The molecule has 0 radical (unpaired) electrons. The minimum Gasteiger partial charge on any atom is -0.466 e. The third-order valence-corrected chi connectivity index (χ3v) is 7.68. The molecule has 0 heterocycles. The number of esters is 1. The van der Waals surface area contributed by atoms with E-state index in [9.17, 15) is 10.1 Å². The van der Waals surface area contributed by atoms with Gasteiger partial charge in [-0.1, -0.05) is 102 Å². The van der Waals surface area contributed by atoms with Gasteiger partial charge in [-0.15, -0.1) is 11.8 Å². The second-order valence-corrected chi connectivity index (χ2v) is 11.6. The molecule has 0 saturated heterocycles. The summed E-state index contributed by atoms with van der Waals surface area (Å²) in [5.41, 5.74) is 0. The topological polar surface area (TPSA) is 50.1 Å². The molecule has 0 aliphatic heterocycles. The van der Waals surface area contributed by atoms with Gasteiger partial charge in [0, 0.05) is 6.42 Å². The third kappa shape index (κ3) is 18.3. The van der Waals surface area contributed by atoms with Gasteiger partial charge in [0.15, 0.2) is 0 Å². The van der Waals surface area contributed by atoms with Crippen LogP contribution in [0.5, 0.6) is 0 Å². The molecule has 0 rings (SSSR count). The van der Waals surface area contributed by atoms with Crippen molar-refractivity contribution in [1.29, 1.82) is 5.26 Å². The van der Waals surface area contributed by atoms with Crippen LogP contribution in [0.25, 0.3) is 0 Å². The number of carbonyl (C=O) groups excluding carboxylic acids is 1. The van der Waals surface area contributed by atoms with Crippen molar-refractivity contribution < 1.29 is 9.53 Å². The molecule has 29 heavy (non-hydrogen) atoms. The highest BCUT2D eigenvalue weighted by molar-refractivity contribution is 8.47. The summed E-state index contributed by atoms with van der Waals surface area (Å²) < 4.78 is 5.32. The van der Waals surface area contributed by atoms with Crippen molar-refractivity contribution in [1.82, 2.24) is 0 Å². The molecule has 0 aromatic carbocycles. The standard InChI is InChI=1S/C23H41NO2S3/c1-4-6-8-9-10-11-12-13-14-15-19-28-22(27)29-23(3,20-24)17-16-21(25)26-18-7-5-2/h4-19H2,1-3H3. The number of nitriles is 1. The van der Waals surface area contributed by atoms with E-state index in [4.69, 9.17) is 17.0 Å². The van der Waals surface area contributed by atoms with Gasteiger partial charge in [0.2, 0.25) is 0 Å². The molecule has 0 aromatic heterocycles. The summed E-state index contributed by atoms with van der Waals surface area (Å²) in [4.78, 5) is 11.8. The Morgan fingerprint density at radius 1 is 0.966 bits per heavy atom. The SMILES string of the molecule is CCCCCCCCCCCCSC(=S)SC(C)(C#N)CCC(=O)OCCCC. The van der Waals surface area contributed by atoms with E-state index in [-0.39, 0.29) is 12.4 Å². The summed E-state index contributed by atoms with van der Waals surface area (Å²) in [5, 5.41) is 9.53. The molecule has 0 bridgehead atoms. The van der Waals surface area contributed by atoms with Crippen molar-refractivity contribution in [3.63, 3.8) is 0 Å². The average molecular weight is 460 g/mol. The van der Waals surface area contributed by atoms with E-state index < -0.39 is 4.75 Å². The lowest BCUT2D eigenvalue weighted by atomic mass is 10.1. The van der Waals surface area contributed by atoms with E-state index >= 15 is 0 Å². The van der Waals surface area contributed by atoms with Crippen molar-refractivity contribution in [2.24, 2.45) is 0 Å². The number of unbranched alkanes of at least 4 members (excludes halogenated alkanes) is 10. The predicted octanol–water partition coefficient (Wildman–Crippen LogP) is 8.06. The van der Waals surface area contributed by atoms with Crippen LogP contribution in [-0.2, 0) is 9.53 Å². The second-order valence-electron chi connectivity index (χ2n) is 7.80. The van der Waals surface area contributed by atoms with Crippen molar-refractivity contribution in [3.8, 4) is 6.07 Å². The first-order valence-electron chi connectivity index (χ1n) is 11.4. The molecule has 0 saturated carbocycles. The monoisotopic (exact) mass is 459 g/mol. The molecule has 0 aliphatic rings. The van der Waals surface area contributed by atoms with E-state index in [1.807, 2.05) is 6.92 Å². The first-order valence-corrected chi connectivity index (χ1v) is 13.6. The highest BCUT2D eigenvalue weighted by atomic mass is 32.2. The fourth-order valence-corrected chi connectivity index (χ4v) is 5.80. The lowest BCUT2D eigenvalue weighted by Gasteiger charge is -2.20. The summed E-state index contributed by atoms with van der Waals surface area (Å²) in [5.74, 6) is 0.799. The zero-order chi connectivity index (χ0) is 21.8. The number of rotatable bonds is 18. The maximum atomic E-state index is 11.8. The van der Waals surface area contributed by atoms with Gasteiger partial charge in [0.05, 0.1) is 12.7 Å². The molecular weight excluding hydrogens is 418 g/mol. The molecular formula is C23H41NO2S3. The molecule has 3 nitrogen and oxygen atoms in total. The quantitative estimate of drug-likeness (QED) is 0.117.